The first-order valence-corrected chi connectivity index (χ1v) is 9.79. The van der Waals surface area contributed by atoms with Gasteiger partial charge >= 0.3 is 6.18 Å². The lowest BCUT2D eigenvalue weighted by Crippen LogP contribution is -2.29. The molecule has 4 nitrogen and oxygen atoms in total. The van der Waals surface area contributed by atoms with E-state index < -0.39 is 11.7 Å². The summed E-state index contributed by atoms with van der Waals surface area (Å²) in [5.74, 6) is 0.432. The minimum atomic E-state index is -4.39. The normalized spacial score (nSPS) is 17.4. The molecule has 1 N–H and O–H groups in total. The molecule has 0 saturated heterocycles. The topological polar surface area (TPSA) is 37.6 Å². The third kappa shape index (κ3) is 4.03. The zero-order valence-electron chi connectivity index (χ0n) is 16.6. The standard InChI is InChI=1S/C23H23F3N2O2/c1-30-21-13-16(8-9-20(21)29)15-28-12-4-11-27-10-3-7-19(27)22(28)17-5-2-6-18(14-17)23(24,25)26/h2-3,5-10,13-14,22,29H,4,11-12,15H2,1H3. The van der Waals surface area contributed by atoms with Gasteiger partial charge in [-0.1, -0.05) is 18.2 Å². The highest BCUT2D eigenvalue weighted by atomic mass is 19.4. The van der Waals surface area contributed by atoms with Gasteiger partial charge in [-0.25, -0.2) is 0 Å². The second-order valence-corrected chi connectivity index (χ2v) is 7.48. The smallest absolute Gasteiger partial charge is 0.416 e. The Balaban J connectivity index is 1.75. The zero-order chi connectivity index (χ0) is 21.3. The average molecular weight is 416 g/mol. The quantitative estimate of drug-likeness (QED) is 0.634. The van der Waals surface area contributed by atoms with Crippen LogP contribution in [0.4, 0.5) is 13.2 Å². The van der Waals surface area contributed by atoms with Crippen LogP contribution in [0.5, 0.6) is 11.5 Å². The van der Waals surface area contributed by atoms with Gasteiger partial charge in [0.15, 0.2) is 11.5 Å². The Labute approximate surface area is 173 Å². The molecule has 1 atom stereocenters. The largest absolute Gasteiger partial charge is 0.504 e. The van der Waals surface area contributed by atoms with Crippen molar-refractivity contribution in [2.75, 3.05) is 13.7 Å². The molecule has 3 aromatic rings. The number of aromatic nitrogens is 1. The molecular formula is C23H23F3N2O2. The van der Waals surface area contributed by atoms with Gasteiger partial charge in [-0.2, -0.15) is 13.2 Å². The minimum Gasteiger partial charge on any atom is -0.504 e. The van der Waals surface area contributed by atoms with Crippen LogP contribution in [0.2, 0.25) is 0 Å². The van der Waals surface area contributed by atoms with Crippen molar-refractivity contribution in [3.8, 4) is 11.5 Å². The first-order chi connectivity index (χ1) is 14.4. The number of ether oxygens (including phenoxy) is 1. The summed E-state index contributed by atoms with van der Waals surface area (Å²) in [6.45, 7) is 2.06. The van der Waals surface area contributed by atoms with Crippen LogP contribution in [0.25, 0.3) is 0 Å². The Kier molecular flexibility index (Phi) is 5.47. The molecule has 0 spiro atoms. The van der Waals surface area contributed by atoms with Crippen molar-refractivity contribution in [3.05, 3.63) is 83.2 Å². The van der Waals surface area contributed by atoms with Crippen LogP contribution in [-0.4, -0.2) is 28.2 Å². The molecule has 4 rings (SSSR count). The predicted octanol–water partition coefficient (Wildman–Crippen LogP) is 5.22. The highest BCUT2D eigenvalue weighted by Crippen LogP contribution is 2.37. The van der Waals surface area contributed by atoms with Crippen LogP contribution in [0, 0.1) is 0 Å². The fourth-order valence-corrected chi connectivity index (χ4v) is 4.13. The molecule has 30 heavy (non-hydrogen) atoms. The van der Waals surface area contributed by atoms with E-state index in [0.29, 0.717) is 17.9 Å². The number of nitrogens with zero attached hydrogens (tertiary/aromatic N) is 2. The van der Waals surface area contributed by atoms with Crippen LogP contribution >= 0.6 is 0 Å². The molecule has 1 unspecified atom stereocenters. The first-order valence-electron chi connectivity index (χ1n) is 9.79. The summed E-state index contributed by atoms with van der Waals surface area (Å²) < 4.78 is 47.4. The van der Waals surface area contributed by atoms with Crippen LogP contribution < -0.4 is 4.74 Å². The van der Waals surface area contributed by atoms with Crippen LogP contribution in [0.15, 0.2) is 60.8 Å². The molecule has 1 aromatic heterocycles. The lowest BCUT2D eigenvalue weighted by atomic mass is 9.98. The van der Waals surface area contributed by atoms with Crippen LogP contribution in [0.3, 0.4) is 0 Å². The van der Waals surface area contributed by atoms with Gasteiger partial charge in [-0.05, 0) is 53.9 Å². The fraction of sp³-hybridized carbons (Fsp3) is 0.304. The molecule has 2 heterocycles. The molecule has 158 valence electrons. The van der Waals surface area contributed by atoms with Gasteiger partial charge in [-0.15, -0.1) is 0 Å². The van der Waals surface area contributed by atoms with Gasteiger partial charge in [0.05, 0.1) is 18.7 Å². The zero-order valence-corrected chi connectivity index (χ0v) is 16.6. The number of aromatic hydroxyl groups is 1. The van der Waals surface area contributed by atoms with E-state index >= 15 is 0 Å². The molecule has 1 aliphatic heterocycles. The summed E-state index contributed by atoms with van der Waals surface area (Å²) >= 11 is 0. The number of phenolic OH excluding ortho intramolecular Hbond substituents is 1. The number of benzene rings is 2. The number of rotatable bonds is 4. The number of fused-ring (bicyclic) bond motifs is 1. The molecule has 0 bridgehead atoms. The van der Waals surface area contributed by atoms with Crippen LogP contribution in [-0.2, 0) is 19.3 Å². The van der Waals surface area contributed by atoms with Gasteiger partial charge < -0.3 is 14.4 Å². The second kappa shape index (κ2) is 8.07. The Bertz CT molecular complexity index is 1030. The average Bonchev–Trinajstić information content (AvgIpc) is 3.10. The maximum Gasteiger partial charge on any atom is 0.416 e. The summed E-state index contributed by atoms with van der Waals surface area (Å²) in [5.41, 5.74) is 1.85. The predicted molar refractivity (Wildman–Crippen MR) is 107 cm³/mol. The van der Waals surface area contributed by atoms with E-state index in [1.165, 1.54) is 19.2 Å². The lowest BCUT2D eigenvalue weighted by molar-refractivity contribution is -0.137. The van der Waals surface area contributed by atoms with E-state index in [-0.39, 0.29) is 11.8 Å². The molecule has 0 fully saturated rings. The van der Waals surface area contributed by atoms with E-state index in [9.17, 15) is 18.3 Å². The third-order valence-corrected chi connectivity index (χ3v) is 5.51. The monoisotopic (exact) mass is 416 g/mol. The van der Waals surface area contributed by atoms with E-state index in [1.54, 1.807) is 18.2 Å². The number of halogens is 3. The van der Waals surface area contributed by atoms with E-state index in [2.05, 4.69) is 9.47 Å². The van der Waals surface area contributed by atoms with Gasteiger partial charge in [-0.3, -0.25) is 4.90 Å². The molecule has 0 aliphatic carbocycles. The number of phenols is 1. The summed E-state index contributed by atoms with van der Waals surface area (Å²) in [5, 5.41) is 9.88. The SMILES string of the molecule is COc1cc(CN2CCCn3cccc3C2c2cccc(C(F)(F)F)c2)ccc1O. The van der Waals surface area contributed by atoms with Crippen molar-refractivity contribution >= 4 is 0 Å². The van der Waals surface area contributed by atoms with Crippen molar-refractivity contribution in [2.45, 2.75) is 31.7 Å². The van der Waals surface area contributed by atoms with Crippen molar-refractivity contribution in [1.29, 1.82) is 0 Å². The van der Waals surface area contributed by atoms with E-state index in [0.717, 1.165) is 36.8 Å². The van der Waals surface area contributed by atoms with Crippen molar-refractivity contribution in [3.63, 3.8) is 0 Å². The van der Waals surface area contributed by atoms with Gasteiger partial charge in [0.25, 0.3) is 0 Å². The maximum atomic E-state index is 13.4. The summed E-state index contributed by atoms with van der Waals surface area (Å²) in [6.07, 6.45) is -1.53. The van der Waals surface area contributed by atoms with Crippen molar-refractivity contribution < 1.29 is 23.0 Å². The molecule has 0 saturated carbocycles. The van der Waals surface area contributed by atoms with Gasteiger partial charge in [0.1, 0.15) is 0 Å². The third-order valence-electron chi connectivity index (χ3n) is 5.51. The highest BCUT2D eigenvalue weighted by Gasteiger charge is 2.33. The Hall–Kier alpha value is -2.93. The summed E-state index contributed by atoms with van der Waals surface area (Å²) in [6, 6.07) is 14.3. The summed E-state index contributed by atoms with van der Waals surface area (Å²) in [4.78, 5) is 2.18. The molecule has 1 aliphatic rings. The van der Waals surface area contributed by atoms with Gasteiger partial charge in [0.2, 0.25) is 0 Å². The number of hydrogen-bond acceptors (Lipinski definition) is 3. The number of hydrogen-bond donors (Lipinski definition) is 1. The number of alkyl halides is 3. The van der Waals surface area contributed by atoms with E-state index in [1.807, 2.05) is 24.4 Å². The lowest BCUT2D eigenvalue weighted by Gasteiger charge is -2.31. The number of aryl methyl sites for hydroxylation is 1. The maximum absolute atomic E-state index is 13.4. The van der Waals surface area contributed by atoms with Crippen molar-refractivity contribution in [2.24, 2.45) is 0 Å². The fourth-order valence-electron chi connectivity index (χ4n) is 4.13. The molecule has 7 heteroatoms. The molecule has 0 amide bonds. The molecule has 2 aromatic carbocycles. The first kappa shape index (κ1) is 20.3. The highest BCUT2D eigenvalue weighted by molar-refractivity contribution is 5.42. The summed E-state index contributed by atoms with van der Waals surface area (Å²) in [7, 11) is 1.49. The second-order valence-electron chi connectivity index (χ2n) is 7.48. The molecular weight excluding hydrogens is 393 g/mol. The van der Waals surface area contributed by atoms with E-state index in [4.69, 9.17) is 4.74 Å². The Morgan fingerprint density at radius 2 is 1.90 bits per heavy atom. The van der Waals surface area contributed by atoms with Crippen molar-refractivity contribution in [1.82, 2.24) is 9.47 Å². The molecule has 0 radical (unpaired) electrons. The minimum absolute atomic E-state index is 0.0559. The Morgan fingerprint density at radius 1 is 1.07 bits per heavy atom. The van der Waals surface area contributed by atoms with Crippen LogP contribution in [0.1, 0.15) is 34.8 Å². The number of methoxy groups -OCH3 is 1. The van der Waals surface area contributed by atoms with Gasteiger partial charge in [0, 0.05) is 31.5 Å². The Morgan fingerprint density at radius 3 is 2.67 bits per heavy atom.